The summed E-state index contributed by atoms with van der Waals surface area (Å²) in [5.41, 5.74) is 2.63. The highest BCUT2D eigenvalue weighted by molar-refractivity contribution is 7.97. The molecule has 0 bridgehead atoms. The van der Waals surface area contributed by atoms with E-state index in [1.807, 2.05) is 50.3 Å². The Bertz CT molecular complexity index is 1040. The molecule has 0 saturated carbocycles. The van der Waals surface area contributed by atoms with Crippen LogP contribution in [0, 0.1) is 0 Å². The SMILES string of the molecule is CCCC(CC)(C(=O)NOC1CCCCO1)S(=O)(=O)C1=CC=CC(C)(OCc2ccccc2)C=C1. The molecule has 192 valence electrons. The molecule has 7 nitrogen and oxygen atoms in total. The minimum atomic E-state index is -4.06. The highest BCUT2D eigenvalue weighted by atomic mass is 32.2. The molecular formula is C27H37NO6S. The molecule has 3 rings (SSSR count). The summed E-state index contributed by atoms with van der Waals surface area (Å²) >= 11 is 0. The van der Waals surface area contributed by atoms with Gasteiger partial charge in [-0.1, -0.05) is 56.7 Å². The first-order valence-corrected chi connectivity index (χ1v) is 13.8. The standard InChI is InChI=1S/C27H37NO6S/c1-4-17-27(5-2,25(29)28-34-24-15-9-10-20-32-24)35(30,31)23-14-11-18-26(3,19-16-23)33-21-22-12-7-6-8-13-22/h6-8,11-14,16,18-19,24H,4-5,9-10,15,17,20-21H2,1-3H3,(H,28,29). The minimum absolute atomic E-state index is 0.0696. The first-order valence-electron chi connectivity index (χ1n) is 12.4. The molecule has 1 fully saturated rings. The Hall–Kier alpha value is -2.26. The highest BCUT2D eigenvalue weighted by Gasteiger charge is 2.50. The van der Waals surface area contributed by atoms with Gasteiger partial charge in [-0.25, -0.2) is 18.7 Å². The van der Waals surface area contributed by atoms with Crippen molar-refractivity contribution < 1.29 is 27.5 Å². The van der Waals surface area contributed by atoms with Crippen LogP contribution in [-0.4, -0.2) is 37.6 Å². The molecule has 35 heavy (non-hydrogen) atoms. The lowest BCUT2D eigenvalue weighted by Crippen LogP contribution is -2.53. The van der Waals surface area contributed by atoms with E-state index in [0.717, 1.165) is 18.4 Å². The zero-order valence-electron chi connectivity index (χ0n) is 20.9. The van der Waals surface area contributed by atoms with Crippen LogP contribution in [0.25, 0.3) is 0 Å². The fraction of sp³-hybridized carbons (Fsp3) is 0.519. The molecule has 8 heteroatoms. The normalized spacial score (nSPS) is 24.3. The van der Waals surface area contributed by atoms with Gasteiger partial charge in [-0.05, 0) is 62.5 Å². The number of hydrogen-bond acceptors (Lipinski definition) is 6. The maximum Gasteiger partial charge on any atom is 0.265 e. The summed E-state index contributed by atoms with van der Waals surface area (Å²) in [5.74, 6) is -0.665. The molecule has 1 heterocycles. The van der Waals surface area contributed by atoms with Crippen LogP contribution in [0.5, 0.6) is 0 Å². The number of hydrogen-bond donors (Lipinski definition) is 1. The average Bonchev–Trinajstić information content (AvgIpc) is 3.08. The minimum Gasteiger partial charge on any atom is -0.362 e. The predicted molar refractivity (Wildman–Crippen MR) is 136 cm³/mol. The van der Waals surface area contributed by atoms with Crippen LogP contribution in [0.15, 0.2) is 65.6 Å². The predicted octanol–water partition coefficient (Wildman–Crippen LogP) is 4.91. The van der Waals surface area contributed by atoms with Crippen molar-refractivity contribution in [2.24, 2.45) is 0 Å². The van der Waals surface area contributed by atoms with E-state index < -0.39 is 32.4 Å². The zero-order valence-corrected chi connectivity index (χ0v) is 21.7. The van der Waals surface area contributed by atoms with E-state index >= 15 is 0 Å². The molecule has 1 saturated heterocycles. The van der Waals surface area contributed by atoms with Crippen LogP contribution >= 0.6 is 0 Å². The number of carbonyl (C=O) groups excluding carboxylic acids is 1. The molecule has 1 aromatic carbocycles. The summed E-state index contributed by atoms with van der Waals surface area (Å²) in [6.45, 7) is 6.39. The summed E-state index contributed by atoms with van der Waals surface area (Å²) < 4.78 is 37.8. The molecule has 1 aliphatic heterocycles. The van der Waals surface area contributed by atoms with Gasteiger partial charge < -0.3 is 9.47 Å². The van der Waals surface area contributed by atoms with Gasteiger partial charge in [0, 0.05) is 13.0 Å². The molecule has 3 atom stereocenters. The molecule has 0 spiro atoms. The second kappa shape index (κ2) is 12.1. The van der Waals surface area contributed by atoms with Crippen LogP contribution in [0.3, 0.4) is 0 Å². The van der Waals surface area contributed by atoms with Gasteiger partial charge in [0.1, 0.15) is 5.60 Å². The van der Waals surface area contributed by atoms with Crippen LogP contribution in [0.2, 0.25) is 0 Å². The number of hydroxylamine groups is 1. The van der Waals surface area contributed by atoms with E-state index in [0.29, 0.717) is 26.1 Å². The number of nitrogens with one attached hydrogen (secondary N) is 1. The van der Waals surface area contributed by atoms with Crippen molar-refractivity contribution in [3.05, 3.63) is 71.2 Å². The molecule has 0 aromatic heterocycles. The third-order valence-electron chi connectivity index (χ3n) is 6.54. The molecule has 1 N–H and O–H groups in total. The first kappa shape index (κ1) is 27.3. The Morgan fingerprint density at radius 3 is 2.63 bits per heavy atom. The van der Waals surface area contributed by atoms with Crippen LogP contribution in [0.4, 0.5) is 0 Å². The summed E-state index contributed by atoms with van der Waals surface area (Å²) in [6, 6.07) is 9.78. The number of carbonyl (C=O) groups is 1. The van der Waals surface area contributed by atoms with Gasteiger partial charge in [-0.3, -0.25) is 4.79 Å². The van der Waals surface area contributed by atoms with Crippen LogP contribution in [0.1, 0.15) is 64.9 Å². The number of benzene rings is 1. The van der Waals surface area contributed by atoms with Gasteiger partial charge in [0.15, 0.2) is 20.9 Å². The summed E-state index contributed by atoms with van der Waals surface area (Å²) in [4.78, 5) is 18.9. The summed E-state index contributed by atoms with van der Waals surface area (Å²) in [7, 11) is -4.06. The Kier molecular flexibility index (Phi) is 9.47. The molecular weight excluding hydrogens is 466 g/mol. The first-order chi connectivity index (χ1) is 16.8. The lowest BCUT2D eigenvalue weighted by molar-refractivity contribution is -0.201. The summed E-state index contributed by atoms with van der Waals surface area (Å²) in [6.07, 6.45) is 11.0. The molecule has 1 aliphatic carbocycles. The van der Waals surface area contributed by atoms with Crippen molar-refractivity contribution in [2.75, 3.05) is 6.61 Å². The fourth-order valence-electron chi connectivity index (χ4n) is 4.32. The topological polar surface area (TPSA) is 90.9 Å². The number of amides is 1. The van der Waals surface area contributed by atoms with E-state index in [4.69, 9.17) is 14.3 Å². The van der Waals surface area contributed by atoms with Crippen molar-refractivity contribution >= 4 is 15.7 Å². The molecule has 1 amide bonds. The molecule has 2 aliphatic rings. The third kappa shape index (κ3) is 6.50. The van der Waals surface area contributed by atoms with Gasteiger partial charge in [0.05, 0.1) is 11.5 Å². The molecule has 3 unspecified atom stereocenters. The number of allylic oxidation sites excluding steroid dienone is 3. The second-order valence-corrected chi connectivity index (χ2v) is 11.4. The Labute approximate surface area is 209 Å². The van der Waals surface area contributed by atoms with Gasteiger partial charge in [-0.2, -0.15) is 0 Å². The number of rotatable bonds is 11. The van der Waals surface area contributed by atoms with E-state index in [9.17, 15) is 13.2 Å². The van der Waals surface area contributed by atoms with E-state index in [1.165, 1.54) is 6.08 Å². The van der Waals surface area contributed by atoms with Gasteiger partial charge in [0.25, 0.3) is 5.91 Å². The lowest BCUT2D eigenvalue weighted by atomic mass is 9.99. The fourth-order valence-corrected chi connectivity index (χ4v) is 6.42. The van der Waals surface area contributed by atoms with Crippen LogP contribution < -0.4 is 5.48 Å². The van der Waals surface area contributed by atoms with Crippen molar-refractivity contribution in [1.29, 1.82) is 0 Å². The van der Waals surface area contributed by atoms with E-state index in [2.05, 4.69) is 5.48 Å². The maximum absolute atomic E-state index is 13.9. The van der Waals surface area contributed by atoms with Crippen LogP contribution in [-0.2, 0) is 35.5 Å². The second-order valence-electron chi connectivity index (χ2n) is 9.17. The van der Waals surface area contributed by atoms with Crippen molar-refractivity contribution in [3.8, 4) is 0 Å². The van der Waals surface area contributed by atoms with Crippen molar-refractivity contribution in [2.45, 2.75) is 82.5 Å². The van der Waals surface area contributed by atoms with Gasteiger partial charge in [0.2, 0.25) is 0 Å². The molecule has 0 radical (unpaired) electrons. The number of sulfone groups is 1. The summed E-state index contributed by atoms with van der Waals surface area (Å²) in [5, 5.41) is 0. The lowest BCUT2D eigenvalue weighted by Gasteiger charge is -2.32. The Morgan fingerprint density at radius 1 is 1.20 bits per heavy atom. The van der Waals surface area contributed by atoms with E-state index in [1.54, 1.807) is 25.2 Å². The monoisotopic (exact) mass is 503 g/mol. The van der Waals surface area contributed by atoms with Crippen molar-refractivity contribution in [3.63, 3.8) is 0 Å². The maximum atomic E-state index is 13.9. The molecule has 1 aromatic rings. The largest absolute Gasteiger partial charge is 0.362 e. The smallest absolute Gasteiger partial charge is 0.265 e. The zero-order chi connectivity index (χ0) is 25.4. The highest BCUT2D eigenvalue weighted by Crippen LogP contribution is 2.35. The third-order valence-corrected chi connectivity index (χ3v) is 9.14. The quantitative estimate of drug-likeness (QED) is 0.432. The Morgan fingerprint density at radius 2 is 1.97 bits per heavy atom. The van der Waals surface area contributed by atoms with Gasteiger partial charge >= 0.3 is 0 Å². The average molecular weight is 504 g/mol. The van der Waals surface area contributed by atoms with E-state index in [-0.39, 0.29) is 17.7 Å². The van der Waals surface area contributed by atoms with Gasteiger partial charge in [-0.15, -0.1) is 0 Å². The number of ether oxygens (including phenoxy) is 2. The van der Waals surface area contributed by atoms with Crippen molar-refractivity contribution in [1.82, 2.24) is 5.48 Å². The Balaban J connectivity index is 1.79.